The van der Waals surface area contributed by atoms with Crippen LogP contribution in [0.15, 0.2) is 0 Å². The molecule has 0 aromatic heterocycles. The van der Waals surface area contributed by atoms with E-state index in [-0.39, 0.29) is 0 Å². The number of hydrogen-bond acceptors (Lipinski definition) is 2. The van der Waals surface area contributed by atoms with Gasteiger partial charge in [0.05, 0.1) is 0 Å². The van der Waals surface area contributed by atoms with Crippen LogP contribution < -0.4 is 5.73 Å². The van der Waals surface area contributed by atoms with Gasteiger partial charge in [-0.1, -0.05) is 39.5 Å². The van der Waals surface area contributed by atoms with Gasteiger partial charge >= 0.3 is 0 Å². The van der Waals surface area contributed by atoms with Crippen molar-refractivity contribution in [1.29, 1.82) is 0 Å². The molecule has 0 aromatic carbocycles. The normalized spacial score (nSPS) is 36.9. The lowest BCUT2D eigenvalue weighted by atomic mass is 9.77. The van der Waals surface area contributed by atoms with E-state index in [4.69, 9.17) is 5.73 Å². The van der Waals surface area contributed by atoms with Crippen molar-refractivity contribution in [3.05, 3.63) is 0 Å². The number of rotatable bonds is 4. The monoisotopic (exact) mass is 266 g/mol. The fraction of sp³-hybridized carbons (Fsp3) is 1.00. The largest absolute Gasteiger partial charge is 0.330 e. The van der Waals surface area contributed by atoms with Crippen molar-refractivity contribution in [3.63, 3.8) is 0 Å². The molecule has 0 spiro atoms. The zero-order valence-electron chi connectivity index (χ0n) is 13.3. The molecule has 0 aromatic rings. The predicted octanol–water partition coefficient (Wildman–Crippen LogP) is 3.65. The van der Waals surface area contributed by atoms with Gasteiger partial charge in [0.2, 0.25) is 0 Å². The summed E-state index contributed by atoms with van der Waals surface area (Å²) in [6, 6.07) is 1.58. The van der Waals surface area contributed by atoms with Crippen LogP contribution in [0.25, 0.3) is 0 Å². The third-order valence-electron chi connectivity index (χ3n) is 5.90. The van der Waals surface area contributed by atoms with Crippen LogP contribution in [0, 0.1) is 17.8 Å². The van der Waals surface area contributed by atoms with Crippen molar-refractivity contribution in [2.75, 3.05) is 13.6 Å². The molecule has 0 saturated heterocycles. The lowest BCUT2D eigenvalue weighted by Crippen LogP contribution is -2.49. The molecule has 2 fully saturated rings. The van der Waals surface area contributed by atoms with E-state index >= 15 is 0 Å². The van der Waals surface area contributed by atoms with E-state index < -0.39 is 0 Å². The van der Waals surface area contributed by atoms with Crippen LogP contribution in [0.4, 0.5) is 0 Å². The molecule has 2 heteroatoms. The van der Waals surface area contributed by atoms with E-state index in [1.54, 1.807) is 0 Å². The average Bonchev–Trinajstić information content (AvgIpc) is 2.46. The molecule has 2 aliphatic rings. The molecule has 112 valence electrons. The zero-order valence-corrected chi connectivity index (χ0v) is 13.3. The van der Waals surface area contributed by atoms with E-state index in [1.807, 2.05) is 0 Å². The second-order valence-corrected chi connectivity index (χ2v) is 7.34. The molecule has 2 nitrogen and oxygen atoms in total. The first-order chi connectivity index (χ1) is 9.13. The second-order valence-electron chi connectivity index (χ2n) is 7.34. The third kappa shape index (κ3) is 3.72. The summed E-state index contributed by atoms with van der Waals surface area (Å²) >= 11 is 0. The Balaban J connectivity index is 1.95. The Labute approximate surface area is 120 Å². The fourth-order valence-corrected chi connectivity index (χ4v) is 4.45. The molecule has 0 aliphatic heterocycles. The molecule has 0 amide bonds. The van der Waals surface area contributed by atoms with Crippen LogP contribution in [-0.4, -0.2) is 30.6 Å². The van der Waals surface area contributed by atoms with Crippen molar-refractivity contribution < 1.29 is 0 Å². The summed E-state index contributed by atoms with van der Waals surface area (Å²) in [7, 11) is 2.38. The number of nitrogens with zero attached hydrogens (tertiary/aromatic N) is 1. The Morgan fingerprint density at radius 2 is 1.79 bits per heavy atom. The Bertz CT molecular complexity index is 264. The van der Waals surface area contributed by atoms with Crippen molar-refractivity contribution in [1.82, 2.24) is 4.90 Å². The molecule has 0 radical (unpaired) electrons. The summed E-state index contributed by atoms with van der Waals surface area (Å²) in [6.45, 7) is 5.68. The highest BCUT2D eigenvalue weighted by atomic mass is 15.2. The maximum atomic E-state index is 6.01. The van der Waals surface area contributed by atoms with Gasteiger partial charge in [0.1, 0.15) is 0 Å². The van der Waals surface area contributed by atoms with Gasteiger partial charge in [-0.2, -0.15) is 0 Å². The van der Waals surface area contributed by atoms with Crippen LogP contribution in [0.3, 0.4) is 0 Å². The SMILES string of the molecule is CC(C)C1CCCC(N(C)C2CCCCC2CN)C1. The molecule has 19 heavy (non-hydrogen) atoms. The predicted molar refractivity (Wildman–Crippen MR) is 83.1 cm³/mol. The maximum absolute atomic E-state index is 6.01. The first kappa shape index (κ1) is 15.3. The van der Waals surface area contributed by atoms with Gasteiger partial charge in [0, 0.05) is 12.1 Å². The van der Waals surface area contributed by atoms with Crippen molar-refractivity contribution in [2.45, 2.75) is 77.3 Å². The summed E-state index contributed by atoms with van der Waals surface area (Å²) in [5.41, 5.74) is 6.01. The van der Waals surface area contributed by atoms with Gasteiger partial charge in [0.25, 0.3) is 0 Å². The van der Waals surface area contributed by atoms with Gasteiger partial charge in [-0.25, -0.2) is 0 Å². The van der Waals surface area contributed by atoms with Crippen molar-refractivity contribution in [3.8, 4) is 0 Å². The molecule has 2 aliphatic carbocycles. The maximum Gasteiger partial charge on any atom is 0.0135 e. The van der Waals surface area contributed by atoms with Crippen molar-refractivity contribution in [2.24, 2.45) is 23.5 Å². The topological polar surface area (TPSA) is 29.3 Å². The Kier molecular flexibility index (Phi) is 5.70. The Morgan fingerprint density at radius 3 is 2.47 bits per heavy atom. The van der Waals surface area contributed by atoms with Crippen LogP contribution in [0.2, 0.25) is 0 Å². The summed E-state index contributed by atoms with van der Waals surface area (Å²) in [5.74, 6) is 2.55. The second kappa shape index (κ2) is 7.08. The van der Waals surface area contributed by atoms with Gasteiger partial charge in [-0.3, -0.25) is 0 Å². The molecule has 4 unspecified atom stereocenters. The molecule has 4 atom stereocenters. The molecular weight excluding hydrogens is 232 g/mol. The average molecular weight is 266 g/mol. The first-order valence-corrected chi connectivity index (χ1v) is 8.55. The minimum absolute atomic E-state index is 0.748. The first-order valence-electron chi connectivity index (χ1n) is 8.55. The highest BCUT2D eigenvalue weighted by molar-refractivity contribution is 4.88. The summed E-state index contributed by atoms with van der Waals surface area (Å²) < 4.78 is 0. The highest BCUT2D eigenvalue weighted by Crippen LogP contribution is 2.36. The standard InChI is InChI=1S/C17H34N2/c1-13(2)14-8-6-9-16(11-14)19(3)17-10-5-4-7-15(17)12-18/h13-17H,4-12,18H2,1-3H3. The van der Waals surface area contributed by atoms with Crippen LogP contribution >= 0.6 is 0 Å². The third-order valence-corrected chi connectivity index (χ3v) is 5.90. The fourth-order valence-electron chi connectivity index (χ4n) is 4.45. The molecule has 2 rings (SSSR count). The molecule has 2 saturated carbocycles. The van der Waals surface area contributed by atoms with Crippen molar-refractivity contribution >= 4 is 0 Å². The lowest BCUT2D eigenvalue weighted by Gasteiger charge is -2.45. The number of nitrogens with two attached hydrogens (primary N) is 1. The van der Waals surface area contributed by atoms with E-state index in [9.17, 15) is 0 Å². The van der Waals surface area contributed by atoms with E-state index in [0.29, 0.717) is 0 Å². The van der Waals surface area contributed by atoms with Crippen LogP contribution in [-0.2, 0) is 0 Å². The van der Waals surface area contributed by atoms with Gasteiger partial charge in [0.15, 0.2) is 0 Å². The summed E-state index contributed by atoms with van der Waals surface area (Å²) in [5, 5.41) is 0. The highest BCUT2D eigenvalue weighted by Gasteiger charge is 2.33. The van der Waals surface area contributed by atoms with E-state index in [2.05, 4.69) is 25.8 Å². The molecule has 0 bridgehead atoms. The lowest BCUT2D eigenvalue weighted by molar-refractivity contribution is 0.0541. The Hall–Kier alpha value is -0.0800. The smallest absolute Gasteiger partial charge is 0.0135 e. The minimum atomic E-state index is 0.748. The van der Waals surface area contributed by atoms with Crippen LogP contribution in [0.5, 0.6) is 0 Å². The quantitative estimate of drug-likeness (QED) is 0.841. The molecular formula is C17H34N2. The Morgan fingerprint density at radius 1 is 1.05 bits per heavy atom. The zero-order chi connectivity index (χ0) is 13.8. The van der Waals surface area contributed by atoms with Crippen LogP contribution in [0.1, 0.15) is 65.2 Å². The molecule has 0 heterocycles. The minimum Gasteiger partial charge on any atom is -0.330 e. The van der Waals surface area contributed by atoms with Gasteiger partial charge in [-0.15, -0.1) is 0 Å². The van der Waals surface area contributed by atoms with Gasteiger partial charge in [-0.05, 0) is 57.0 Å². The van der Waals surface area contributed by atoms with E-state index in [1.165, 1.54) is 51.4 Å². The van der Waals surface area contributed by atoms with E-state index in [0.717, 1.165) is 36.4 Å². The molecule has 2 N–H and O–H groups in total. The summed E-state index contributed by atoms with van der Waals surface area (Å²) in [6.07, 6.45) is 11.2. The summed E-state index contributed by atoms with van der Waals surface area (Å²) in [4.78, 5) is 2.73. The van der Waals surface area contributed by atoms with Gasteiger partial charge < -0.3 is 10.6 Å². The number of hydrogen-bond donors (Lipinski definition) is 1.